The lowest BCUT2D eigenvalue weighted by Gasteiger charge is -2.49. The lowest BCUT2D eigenvalue weighted by Crippen LogP contribution is -2.38. The van der Waals surface area contributed by atoms with Crippen LogP contribution in [0.25, 0.3) is 11.1 Å². The van der Waals surface area contributed by atoms with Gasteiger partial charge in [-0.3, -0.25) is 0 Å². The zero-order valence-corrected chi connectivity index (χ0v) is 28.4. The van der Waals surface area contributed by atoms with Crippen LogP contribution in [0.3, 0.4) is 0 Å². The van der Waals surface area contributed by atoms with Gasteiger partial charge in [0.2, 0.25) is 0 Å². The highest BCUT2D eigenvalue weighted by molar-refractivity contribution is 5.94. The van der Waals surface area contributed by atoms with Crippen LogP contribution in [0.15, 0.2) is 127 Å². The Morgan fingerprint density at radius 2 is 0.938 bits per heavy atom. The third-order valence-electron chi connectivity index (χ3n) is 11.5. The minimum absolute atomic E-state index is 0.119. The molecule has 2 nitrogen and oxygen atoms in total. The molecule has 0 saturated carbocycles. The van der Waals surface area contributed by atoms with E-state index in [1.807, 2.05) is 12.1 Å². The van der Waals surface area contributed by atoms with E-state index < -0.39 is 0 Å². The molecule has 0 atom stereocenters. The highest BCUT2D eigenvalue weighted by Crippen LogP contribution is 2.60. The van der Waals surface area contributed by atoms with Gasteiger partial charge >= 0.3 is 0 Å². The first kappa shape index (κ1) is 29.0. The molecular weight excluding hydrogens is 588 g/mol. The number of anilines is 6. The molecule has 0 amide bonds. The van der Waals surface area contributed by atoms with Crippen LogP contribution in [0.5, 0.6) is 0 Å². The highest BCUT2D eigenvalue weighted by Gasteiger charge is 2.45. The molecule has 0 radical (unpaired) electrons. The van der Waals surface area contributed by atoms with E-state index in [9.17, 15) is 4.39 Å². The SMILES string of the molecule is CC1(C)c2ccccc2-c2ccc(N(c3ccc(F)cc3)c3ccc4c(c3)C(C)(C)c3cccc5c3N4c3ccccc3C5(C)C)cc21. The van der Waals surface area contributed by atoms with Crippen LogP contribution >= 0.6 is 0 Å². The smallest absolute Gasteiger partial charge is 0.123 e. The van der Waals surface area contributed by atoms with Gasteiger partial charge in [-0.2, -0.15) is 0 Å². The Morgan fingerprint density at radius 1 is 0.438 bits per heavy atom. The van der Waals surface area contributed by atoms with Crippen molar-refractivity contribution >= 4 is 34.1 Å². The molecule has 9 rings (SSSR count). The van der Waals surface area contributed by atoms with E-state index in [1.54, 1.807) is 12.1 Å². The van der Waals surface area contributed by atoms with E-state index in [2.05, 4.69) is 154 Å². The molecule has 3 heteroatoms. The normalized spacial score (nSPS) is 16.7. The van der Waals surface area contributed by atoms with Crippen molar-refractivity contribution in [3.63, 3.8) is 0 Å². The minimum Gasteiger partial charge on any atom is -0.310 e. The molecule has 0 unspecified atom stereocenters. The summed E-state index contributed by atoms with van der Waals surface area (Å²) < 4.78 is 14.3. The summed E-state index contributed by atoms with van der Waals surface area (Å²) in [4.78, 5) is 4.78. The van der Waals surface area contributed by atoms with Crippen LogP contribution < -0.4 is 9.80 Å². The maximum absolute atomic E-state index is 14.3. The molecule has 0 saturated heterocycles. The van der Waals surface area contributed by atoms with E-state index >= 15 is 0 Å². The van der Waals surface area contributed by atoms with E-state index in [1.165, 1.54) is 61.6 Å². The van der Waals surface area contributed by atoms with Gasteiger partial charge in [-0.05, 0) is 105 Å². The summed E-state index contributed by atoms with van der Waals surface area (Å²) in [6.45, 7) is 14.0. The zero-order valence-electron chi connectivity index (χ0n) is 28.4. The summed E-state index contributed by atoms with van der Waals surface area (Å²) in [6, 6.07) is 45.1. The first-order chi connectivity index (χ1) is 23.0. The average Bonchev–Trinajstić information content (AvgIpc) is 3.31. The van der Waals surface area contributed by atoms with Crippen LogP contribution in [-0.4, -0.2) is 0 Å². The maximum Gasteiger partial charge on any atom is 0.123 e. The molecule has 48 heavy (non-hydrogen) atoms. The van der Waals surface area contributed by atoms with Crippen LogP contribution in [0.4, 0.5) is 38.5 Å². The van der Waals surface area contributed by atoms with Crippen molar-refractivity contribution in [1.29, 1.82) is 0 Å². The third-order valence-corrected chi connectivity index (χ3v) is 11.5. The maximum atomic E-state index is 14.3. The summed E-state index contributed by atoms with van der Waals surface area (Å²) in [6.07, 6.45) is 0. The predicted octanol–water partition coefficient (Wildman–Crippen LogP) is 12.4. The van der Waals surface area contributed by atoms with Crippen molar-refractivity contribution in [2.24, 2.45) is 0 Å². The second-order valence-corrected chi connectivity index (χ2v) is 15.2. The van der Waals surface area contributed by atoms with Crippen molar-refractivity contribution in [2.45, 2.75) is 57.8 Å². The van der Waals surface area contributed by atoms with E-state index in [4.69, 9.17) is 0 Å². The number of fused-ring (bicyclic) bond motifs is 7. The number of rotatable bonds is 3. The van der Waals surface area contributed by atoms with Gasteiger partial charge in [0.1, 0.15) is 5.82 Å². The molecule has 0 bridgehead atoms. The van der Waals surface area contributed by atoms with Crippen molar-refractivity contribution in [3.05, 3.63) is 167 Å². The Hall–Kier alpha value is -5.15. The van der Waals surface area contributed by atoms with Crippen LogP contribution in [0.1, 0.15) is 74.9 Å². The minimum atomic E-state index is -0.258. The highest BCUT2D eigenvalue weighted by atomic mass is 19.1. The number of halogens is 1. The Kier molecular flexibility index (Phi) is 5.87. The third kappa shape index (κ3) is 3.79. The van der Waals surface area contributed by atoms with Crippen LogP contribution in [0.2, 0.25) is 0 Å². The largest absolute Gasteiger partial charge is 0.310 e. The second-order valence-electron chi connectivity index (χ2n) is 15.2. The molecule has 0 spiro atoms. The lowest BCUT2D eigenvalue weighted by molar-refractivity contribution is 0.597. The predicted molar refractivity (Wildman–Crippen MR) is 198 cm³/mol. The molecule has 236 valence electrons. The van der Waals surface area contributed by atoms with Crippen LogP contribution in [0, 0.1) is 5.82 Å². The van der Waals surface area contributed by atoms with Gasteiger partial charge in [-0.1, -0.05) is 108 Å². The summed E-state index contributed by atoms with van der Waals surface area (Å²) in [7, 11) is 0. The van der Waals surface area contributed by atoms with Crippen LogP contribution in [-0.2, 0) is 16.2 Å². The summed E-state index contributed by atoms with van der Waals surface area (Å²) in [5.74, 6) is -0.241. The molecular formula is C45H39FN2. The fourth-order valence-electron chi connectivity index (χ4n) is 8.88. The number of para-hydroxylation sites is 2. The molecule has 6 aromatic rings. The molecule has 3 aliphatic rings. The van der Waals surface area contributed by atoms with Gasteiger partial charge < -0.3 is 9.80 Å². The Balaban J connectivity index is 1.26. The fraction of sp³-hybridized carbons (Fsp3) is 0.200. The fourth-order valence-corrected chi connectivity index (χ4v) is 8.88. The summed E-state index contributed by atoms with van der Waals surface area (Å²) >= 11 is 0. The number of benzene rings is 6. The van der Waals surface area contributed by atoms with Crippen molar-refractivity contribution < 1.29 is 4.39 Å². The van der Waals surface area contributed by atoms with Crippen molar-refractivity contribution in [3.8, 4) is 11.1 Å². The van der Waals surface area contributed by atoms with E-state index in [0.717, 1.165) is 17.1 Å². The summed E-state index contributed by atoms with van der Waals surface area (Å²) in [5, 5.41) is 0. The van der Waals surface area contributed by atoms with Gasteiger partial charge in [-0.15, -0.1) is 0 Å². The van der Waals surface area contributed by atoms with E-state index in [0.29, 0.717) is 0 Å². The Morgan fingerprint density at radius 3 is 1.67 bits per heavy atom. The molecule has 0 aromatic heterocycles. The molecule has 2 heterocycles. The number of hydrogen-bond donors (Lipinski definition) is 0. The van der Waals surface area contributed by atoms with Gasteiger partial charge in [-0.25, -0.2) is 4.39 Å². The molecule has 1 aliphatic carbocycles. The van der Waals surface area contributed by atoms with E-state index in [-0.39, 0.29) is 22.1 Å². The average molecular weight is 627 g/mol. The molecule has 0 fully saturated rings. The topological polar surface area (TPSA) is 6.48 Å². The molecule has 2 aliphatic heterocycles. The number of hydrogen-bond acceptors (Lipinski definition) is 2. The van der Waals surface area contributed by atoms with Crippen molar-refractivity contribution in [2.75, 3.05) is 9.80 Å². The standard InChI is InChI=1S/C45H39FN2/c1-43(2)34-13-8-7-12-32(34)33-24-22-30(26-38(33)43)47(29-20-18-28(46)19-21-29)31-23-25-41-39(27-31)45(5,6)37-16-11-15-36-42(37)48(41)40-17-10-9-14-35(40)44(36,3)4/h7-27H,1-6H3. The van der Waals surface area contributed by atoms with Gasteiger partial charge in [0.25, 0.3) is 0 Å². The molecule has 0 N–H and O–H groups in total. The van der Waals surface area contributed by atoms with Crippen molar-refractivity contribution in [1.82, 2.24) is 0 Å². The zero-order chi connectivity index (χ0) is 33.2. The Labute approximate surface area is 283 Å². The second kappa shape index (κ2) is 9.70. The lowest BCUT2D eigenvalue weighted by atomic mass is 9.66. The van der Waals surface area contributed by atoms with Gasteiger partial charge in [0.05, 0.1) is 17.1 Å². The summed E-state index contributed by atoms with van der Waals surface area (Å²) in [5.41, 5.74) is 16.8. The number of nitrogens with zero attached hydrogens (tertiary/aromatic N) is 2. The van der Waals surface area contributed by atoms with Gasteiger partial charge in [0, 0.05) is 33.3 Å². The monoisotopic (exact) mass is 626 g/mol. The quantitative estimate of drug-likeness (QED) is 0.193. The first-order valence-corrected chi connectivity index (χ1v) is 17.0. The molecule has 6 aromatic carbocycles. The Bertz CT molecular complexity index is 2290. The van der Waals surface area contributed by atoms with Gasteiger partial charge in [0.15, 0.2) is 0 Å². The first-order valence-electron chi connectivity index (χ1n) is 17.0.